The number of anilines is 1. The third-order valence-corrected chi connectivity index (χ3v) is 6.58. The van der Waals surface area contributed by atoms with Crippen LogP contribution < -0.4 is 10.2 Å². The Morgan fingerprint density at radius 3 is 2.18 bits per heavy atom. The van der Waals surface area contributed by atoms with Gasteiger partial charge in [-0.15, -0.1) is 0 Å². The highest BCUT2D eigenvalue weighted by Gasteiger charge is 2.65. The summed E-state index contributed by atoms with van der Waals surface area (Å²) in [6.45, 7) is -0.181. The number of hydrogen-bond acceptors (Lipinski definition) is 4. The summed E-state index contributed by atoms with van der Waals surface area (Å²) < 4.78 is 93.6. The Morgan fingerprint density at radius 2 is 1.66 bits per heavy atom. The smallest absolute Gasteiger partial charge is 0.310 e. The molecule has 0 bridgehead atoms. The molecule has 0 aliphatic carbocycles. The average molecular weight is 581 g/mol. The fraction of sp³-hybridized carbons (Fsp3) is 0.182. The first-order chi connectivity index (χ1) is 17.4. The second-order valence-electron chi connectivity index (χ2n) is 7.97. The van der Waals surface area contributed by atoms with Gasteiger partial charge in [-0.1, -0.05) is 43.2 Å². The number of nitrogens with one attached hydrogen (secondary N) is 1. The Kier molecular flexibility index (Phi) is 7.51. The zero-order valence-electron chi connectivity index (χ0n) is 19.0. The summed E-state index contributed by atoms with van der Waals surface area (Å²) in [5, 5.41) is 2.39. The van der Waals surface area contributed by atoms with Crippen LogP contribution in [0.3, 0.4) is 0 Å². The van der Waals surface area contributed by atoms with E-state index in [1.54, 1.807) is 6.07 Å². The van der Waals surface area contributed by atoms with Crippen LogP contribution in [0.25, 0.3) is 0 Å². The van der Waals surface area contributed by atoms with E-state index < -0.39 is 49.5 Å². The zero-order chi connectivity index (χ0) is 28.4. The summed E-state index contributed by atoms with van der Waals surface area (Å²) in [7, 11) is -3.78. The maximum Gasteiger partial charge on any atom is 0.310 e. The Labute approximate surface area is 218 Å². The van der Waals surface area contributed by atoms with E-state index in [1.807, 2.05) is 0 Å². The minimum atomic E-state index is -10.1. The number of carbonyl (C=O) groups excluding carboxylic acids is 2. The monoisotopic (exact) mass is 580 g/mol. The molecular weight excluding hydrogens is 564 g/mol. The van der Waals surface area contributed by atoms with Crippen molar-refractivity contribution in [3.63, 3.8) is 0 Å². The molecule has 0 aliphatic heterocycles. The standard InChI is InChI=1S/C22H17BClF7N4O2S/c23-22(15-11-32-13-33-12-15,21(37)34-9-8-14-2-1-3-16(25)10-14)35(20(36)19(24)26)17-4-6-18(7-5-17)38(27,28,29,30)31/h1-7,10-13,19H,8-9H2,(H,34,37)/t19-,22-/m0/s1. The lowest BCUT2D eigenvalue weighted by Gasteiger charge is -2.42. The second-order valence-corrected chi connectivity index (χ2v) is 10.8. The number of halogens is 8. The van der Waals surface area contributed by atoms with Crippen molar-refractivity contribution < 1.29 is 37.8 Å². The van der Waals surface area contributed by atoms with Crippen LogP contribution in [-0.4, -0.2) is 41.8 Å². The van der Waals surface area contributed by atoms with Gasteiger partial charge in [-0.05, 0) is 48.4 Å². The second kappa shape index (κ2) is 9.77. The van der Waals surface area contributed by atoms with Crippen LogP contribution in [0, 0.1) is 5.82 Å². The van der Waals surface area contributed by atoms with Crippen molar-refractivity contribution in [2.45, 2.75) is 22.4 Å². The largest absolute Gasteiger partial charge is 0.354 e. The molecule has 0 fully saturated rings. The van der Waals surface area contributed by atoms with Crippen molar-refractivity contribution >= 4 is 47.2 Å². The van der Waals surface area contributed by atoms with Gasteiger partial charge in [0.25, 0.3) is 11.5 Å². The molecule has 16 heteroatoms. The van der Waals surface area contributed by atoms with Crippen LogP contribution in [0.4, 0.5) is 33.9 Å². The summed E-state index contributed by atoms with van der Waals surface area (Å²) in [6, 6.07) is 6.14. The Bertz CT molecular complexity index is 1340. The average Bonchev–Trinajstić information content (AvgIpc) is 2.83. The highest BCUT2D eigenvalue weighted by Crippen LogP contribution is 3.02. The first-order valence-corrected chi connectivity index (χ1v) is 12.9. The number of amides is 2. The van der Waals surface area contributed by atoms with E-state index in [1.165, 1.54) is 18.2 Å². The summed E-state index contributed by atoms with van der Waals surface area (Å²) in [4.78, 5) is 31.5. The normalized spacial score (nSPS) is 15.9. The summed E-state index contributed by atoms with van der Waals surface area (Å²) in [6.07, 6.45) is 3.06. The van der Waals surface area contributed by atoms with Gasteiger partial charge >= 0.3 is 10.2 Å². The van der Waals surface area contributed by atoms with Crippen molar-refractivity contribution in [2.24, 2.45) is 0 Å². The third kappa shape index (κ3) is 6.56. The topological polar surface area (TPSA) is 75.2 Å². The molecule has 2 atom stereocenters. The van der Waals surface area contributed by atoms with E-state index in [0.29, 0.717) is 17.7 Å². The van der Waals surface area contributed by atoms with E-state index in [4.69, 9.17) is 19.4 Å². The highest BCUT2D eigenvalue weighted by molar-refractivity contribution is 8.45. The number of carbonyl (C=O) groups is 2. The van der Waals surface area contributed by atoms with Gasteiger partial charge in [-0.25, -0.2) is 18.7 Å². The molecule has 3 aromatic rings. The molecule has 202 valence electrons. The Balaban J connectivity index is 2.07. The molecule has 0 unspecified atom stereocenters. The zero-order valence-corrected chi connectivity index (χ0v) is 20.6. The molecule has 0 aliphatic rings. The molecule has 1 heterocycles. The van der Waals surface area contributed by atoms with Crippen molar-refractivity contribution in [3.8, 4) is 0 Å². The predicted molar refractivity (Wildman–Crippen MR) is 129 cm³/mol. The van der Waals surface area contributed by atoms with Crippen LogP contribution in [0.1, 0.15) is 11.1 Å². The fourth-order valence-corrected chi connectivity index (χ4v) is 4.21. The highest BCUT2D eigenvalue weighted by atomic mass is 35.5. The van der Waals surface area contributed by atoms with Gasteiger partial charge in [-0.2, -0.15) is 0 Å². The number of alkyl halides is 2. The molecule has 2 radical (unpaired) electrons. The minimum absolute atomic E-state index is 0.0393. The molecule has 6 nitrogen and oxygen atoms in total. The van der Waals surface area contributed by atoms with Crippen molar-refractivity contribution in [3.05, 3.63) is 84.2 Å². The SMILES string of the molecule is [B][C@@](C(=O)NCCc1cccc(F)c1)(c1cncnc1)N(C(=O)[C@H](F)Cl)c1ccc(S(F)(F)(F)(F)F)cc1. The third-order valence-electron chi connectivity index (χ3n) is 5.24. The predicted octanol–water partition coefficient (Wildman–Crippen LogP) is 5.52. The number of aromatic nitrogens is 2. The van der Waals surface area contributed by atoms with Gasteiger partial charge in [0.2, 0.25) is 5.91 Å². The molecule has 1 N–H and O–H groups in total. The Morgan fingerprint density at radius 1 is 1.05 bits per heavy atom. The molecule has 0 saturated heterocycles. The van der Waals surface area contributed by atoms with Gasteiger partial charge in [0, 0.05) is 30.2 Å². The minimum Gasteiger partial charge on any atom is -0.354 e. The molecule has 2 amide bonds. The Hall–Kier alpha value is -3.33. The first-order valence-electron chi connectivity index (χ1n) is 10.5. The molecule has 0 saturated carbocycles. The number of nitrogens with zero attached hydrogens (tertiary/aromatic N) is 3. The molecule has 2 aromatic carbocycles. The maximum atomic E-state index is 14.1. The van der Waals surface area contributed by atoms with Gasteiger partial charge in [-0.3, -0.25) is 14.5 Å². The number of benzene rings is 2. The van der Waals surface area contributed by atoms with Crippen LogP contribution in [0.2, 0.25) is 0 Å². The van der Waals surface area contributed by atoms with Gasteiger partial charge < -0.3 is 5.32 Å². The van der Waals surface area contributed by atoms with Crippen LogP contribution in [0.5, 0.6) is 0 Å². The van der Waals surface area contributed by atoms with E-state index in [0.717, 1.165) is 18.7 Å². The van der Waals surface area contributed by atoms with Gasteiger partial charge in [0.05, 0.1) is 0 Å². The summed E-state index contributed by atoms with van der Waals surface area (Å²) in [5.74, 6) is -3.42. The summed E-state index contributed by atoms with van der Waals surface area (Å²) in [5.41, 5.74) is -6.10. The lowest BCUT2D eigenvalue weighted by Crippen LogP contribution is -2.61. The maximum absolute atomic E-state index is 14.1. The number of hydrogen-bond donors (Lipinski definition) is 1. The molecule has 38 heavy (non-hydrogen) atoms. The van der Waals surface area contributed by atoms with Crippen molar-refractivity contribution in [2.75, 3.05) is 11.4 Å². The van der Waals surface area contributed by atoms with Gasteiger partial charge in [0.15, 0.2) is 0 Å². The van der Waals surface area contributed by atoms with Crippen molar-refractivity contribution in [1.29, 1.82) is 0 Å². The van der Waals surface area contributed by atoms with E-state index in [9.17, 15) is 37.8 Å². The fourth-order valence-electron chi connectivity index (χ4n) is 3.46. The van der Waals surface area contributed by atoms with Crippen molar-refractivity contribution in [1.82, 2.24) is 15.3 Å². The molecule has 0 spiro atoms. The summed E-state index contributed by atoms with van der Waals surface area (Å²) >= 11 is 5.31. The van der Waals surface area contributed by atoms with Gasteiger partial charge in [0.1, 0.15) is 30.3 Å². The van der Waals surface area contributed by atoms with Crippen LogP contribution >= 0.6 is 21.8 Å². The van der Waals surface area contributed by atoms with E-state index >= 15 is 0 Å². The first kappa shape index (κ1) is 29.2. The molecular formula is C22H17BClF7N4O2S. The lowest BCUT2D eigenvalue weighted by molar-refractivity contribution is -0.129. The lowest BCUT2D eigenvalue weighted by atomic mass is 9.70. The molecule has 3 rings (SSSR count). The van der Waals surface area contributed by atoms with E-state index in [-0.39, 0.29) is 35.6 Å². The van der Waals surface area contributed by atoms with E-state index in [2.05, 4.69) is 15.3 Å². The quantitative estimate of drug-likeness (QED) is 0.206. The van der Waals surface area contributed by atoms with Crippen LogP contribution in [-0.2, 0) is 21.4 Å². The molecule has 1 aromatic heterocycles. The number of rotatable bonds is 9. The van der Waals surface area contributed by atoms with Crippen LogP contribution in [0.15, 0.2) is 72.1 Å².